The molecule has 0 spiro atoms. The number of anilines is 1. The van der Waals surface area contributed by atoms with Crippen molar-refractivity contribution in [3.63, 3.8) is 0 Å². The van der Waals surface area contributed by atoms with Gasteiger partial charge in [-0.15, -0.1) is 0 Å². The van der Waals surface area contributed by atoms with E-state index in [0.29, 0.717) is 6.54 Å². The van der Waals surface area contributed by atoms with Crippen molar-refractivity contribution in [2.45, 2.75) is 6.10 Å². The van der Waals surface area contributed by atoms with Gasteiger partial charge in [0.1, 0.15) is 11.9 Å². The van der Waals surface area contributed by atoms with E-state index in [2.05, 4.69) is 18.0 Å². The Labute approximate surface area is 78.1 Å². The molecule has 0 saturated carbocycles. The number of ether oxygens (including phenoxy) is 1. The Morgan fingerprint density at radius 1 is 1.54 bits per heavy atom. The van der Waals surface area contributed by atoms with Crippen molar-refractivity contribution in [2.75, 3.05) is 25.0 Å². The van der Waals surface area contributed by atoms with Crippen molar-refractivity contribution < 1.29 is 4.74 Å². The molecule has 13 heavy (non-hydrogen) atoms. The van der Waals surface area contributed by atoms with Gasteiger partial charge >= 0.3 is 0 Å². The molecule has 0 saturated heterocycles. The highest BCUT2D eigenvalue weighted by atomic mass is 16.5. The molecule has 3 nitrogen and oxygen atoms in total. The fourth-order valence-electron chi connectivity index (χ4n) is 1.62. The van der Waals surface area contributed by atoms with E-state index in [9.17, 15) is 0 Å². The van der Waals surface area contributed by atoms with Gasteiger partial charge < -0.3 is 15.4 Å². The van der Waals surface area contributed by atoms with Crippen molar-refractivity contribution in [2.24, 2.45) is 5.73 Å². The normalized spacial score (nSPS) is 20.8. The predicted molar refractivity (Wildman–Crippen MR) is 53.2 cm³/mol. The molecular weight excluding hydrogens is 164 g/mol. The average molecular weight is 178 g/mol. The molecule has 1 unspecified atom stereocenters. The van der Waals surface area contributed by atoms with Gasteiger partial charge in [0.15, 0.2) is 0 Å². The summed E-state index contributed by atoms with van der Waals surface area (Å²) in [4.78, 5) is 2.18. The van der Waals surface area contributed by atoms with Gasteiger partial charge in [0.05, 0.1) is 12.2 Å². The van der Waals surface area contributed by atoms with Gasteiger partial charge in [-0.1, -0.05) is 12.1 Å². The quantitative estimate of drug-likeness (QED) is 0.692. The number of benzene rings is 1. The Morgan fingerprint density at radius 3 is 3.08 bits per heavy atom. The summed E-state index contributed by atoms with van der Waals surface area (Å²) in [5.41, 5.74) is 6.72. The number of hydrogen-bond donors (Lipinski definition) is 1. The first-order valence-corrected chi connectivity index (χ1v) is 4.48. The molecule has 0 fully saturated rings. The second kappa shape index (κ2) is 3.26. The SMILES string of the molecule is CN1CC(CN)Oc2ccccc21. The first kappa shape index (κ1) is 8.38. The van der Waals surface area contributed by atoms with Crippen molar-refractivity contribution >= 4 is 5.69 Å². The zero-order chi connectivity index (χ0) is 9.26. The zero-order valence-electron chi connectivity index (χ0n) is 7.73. The van der Waals surface area contributed by atoms with Crippen LogP contribution in [0.15, 0.2) is 24.3 Å². The third kappa shape index (κ3) is 1.47. The Hall–Kier alpha value is -1.22. The number of rotatable bonds is 1. The van der Waals surface area contributed by atoms with E-state index in [1.807, 2.05) is 18.2 Å². The summed E-state index contributed by atoms with van der Waals surface area (Å²) in [6.45, 7) is 1.44. The number of fused-ring (bicyclic) bond motifs is 1. The lowest BCUT2D eigenvalue weighted by Crippen LogP contribution is -2.42. The largest absolute Gasteiger partial charge is 0.485 e. The molecule has 0 amide bonds. The fourth-order valence-corrected chi connectivity index (χ4v) is 1.62. The summed E-state index contributed by atoms with van der Waals surface area (Å²) in [5, 5.41) is 0. The Morgan fingerprint density at radius 2 is 2.31 bits per heavy atom. The van der Waals surface area contributed by atoms with Gasteiger partial charge in [-0.05, 0) is 12.1 Å². The third-order valence-electron chi connectivity index (χ3n) is 2.31. The number of nitrogens with zero attached hydrogens (tertiary/aromatic N) is 1. The molecule has 3 heteroatoms. The van der Waals surface area contributed by atoms with E-state index in [1.165, 1.54) is 0 Å². The average Bonchev–Trinajstić information content (AvgIpc) is 2.18. The van der Waals surface area contributed by atoms with Gasteiger partial charge in [0.2, 0.25) is 0 Å². The van der Waals surface area contributed by atoms with Crippen molar-refractivity contribution in [1.29, 1.82) is 0 Å². The van der Waals surface area contributed by atoms with Crippen LogP contribution < -0.4 is 15.4 Å². The summed E-state index contributed by atoms with van der Waals surface area (Å²) in [7, 11) is 2.06. The van der Waals surface area contributed by atoms with E-state index in [1.54, 1.807) is 0 Å². The molecule has 1 aliphatic rings. The number of hydrogen-bond acceptors (Lipinski definition) is 3. The minimum absolute atomic E-state index is 0.125. The summed E-state index contributed by atoms with van der Waals surface area (Å²) in [6, 6.07) is 8.03. The summed E-state index contributed by atoms with van der Waals surface area (Å²) < 4.78 is 5.68. The molecule has 70 valence electrons. The minimum Gasteiger partial charge on any atom is -0.485 e. The van der Waals surface area contributed by atoms with E-state index >= 15 is 0 Å². The van der Waals surface area contributed by atoms with Crippen LogP contribution >= 0.6 is 0 Å². The van der Waals surface area contributed by atoms with E-state index < -0.39 is 0 Å². The topological polar surface area (TPSA) is 38.5 Å². The predicted octanol–water partition coefficient (Wildman–Crippen LogP) is 0.842. The maximum atomic E-state index is 5.68. The van der Waals surface area contributed by atoms with E-state index in [0.717, 1.165) is 18.0 Å². The highest BCUT2D eigenvalue weighted by molar-refractivity contribution is 5.59. The molecule has 1 atom stereocenters. The fraction of sp³-hybridized carbons (Fsp3) is 0.400. The Kier molecular flexibility index (Phi) is 2.10. The summed E-state index contributed by atoms with van der Waals surface area (Å²) in [5.74, 6) is 0.937. The van der Waals surface area contributed by atoms with Crippen LogP contribution in [0, 0.1) is 0 Å². The second-order valence-electron chi connectivity index (χ2n) is 3.32. The molecule has 1 aromatic carbocycles. The van der Waals surface area contributed by atoms with Crippen molar-refractivity contribution in [3.05, 3.63) is 24.3 Å². The smallest absolute Gasteiger partial charge is 0.143 e. The third-order valence-corrected chi connectivity index (χ3v) is 2.31. The van der Waals surface area contributed by atoms with Gasteiger partial charge in [-0.25, -0.2) is 0 Å². The monoisotopic (exact) mass is 178 g/mol. The summed E-state index contributed by atoms with van der Waals surface area (Å²) >= 11 is 0. The van der Waals surface area contributed by atoms with Crippen LogP contribution in [0.1, 0.15) is 0 Å². The molecule has 1 aliphatic heterocycles. The van der Waals surface area contributed by atoms with Crippen LogP contribution in [0.4, 0.5) is 5.69 Å². The molecule has 1 aromatic rings. The van der Waals surface area contributed by atoms with Gasteiger partial charge in [-0.3, -0.25) is 0 Å². The van der Waals surface area contributed by atoms with Crippen molar-refractivity contribution in [3.8, 4) is 5.75 Å². The van der Waals surface area contributed by atoms with Gasteiger partial charge in [0, 0.05) is 13.6 Å². The van der Waals surface area contributed by atoms with Gasteiger partial charge in [-0.2, -0.15) is 0 Å². The lowest BCUT2D eigenvalue weighted by molar-refractivity contribution is 0.204. The van der Waals surface area contributed by atoms with Gasteiger partial charge in [0.25, 0.3) is 0 Å². The second-order valence-corrected chi connectivity index (χ2v) is 3.32. The lowest BCUT2D eigenvalue weighted by atomic mass is 10.2. The molecule has 0 aliphatic carbocycles. The van der Waals surface area contributed by atoms with E-state index in [-0.39, 0.29) is 6.10 Å². The first-order chi connectivity index (χ1) is 6.31. The van der Waals surface area contributed by atoms with Crippen LogP contribution in [0.2, 0.25) is 0 Å². The Bertz CT molecular complexity index is 301. The van der Waals surface area contributed by atoms with Crippen molar-refractivity contribution in [1.82, 2.24) is 0 Å². The lowest BCUT2D eigenvalue weighted by Gasteiger charge is -2.33. The van der Waals surface area contributed by atoms with Crippen LogP contribution in [0.3, 0.4) is 0 Å². The molecule has 0 bridgehead atoms. The zero-order valence-corrected chi connectivity index (χ0v) is 7.73. The number of nitrogens with two attached hydrogens (primary N) is 1. The van der Waals surface area contributed by atoms with Crippen LogP contribution in [0.25, 0.3) is 0 Å². The maximum Gasteiger partial charge on any atom is 0.143 e. The van der Waals surface area contributed by atoms with Crippen LogP contribution in [0.5, 0.6) is 5.75 Å². The molecule has 1 heterocycles. The van der Waals surface area contributed by atoms with Crippen LogP contribution in [-0.4, -0.2) is 26.2 Å². The molecule has 0 radical (unpaired) electrons. The maximum absolute atomic E-state index is 5.68. The molecule has 0 aromatic heterocycles. The Balaban J connectivity index is 2.31. The molecule has 2 rings (SSSR count). The summed E-state index contributed by atoms with van der Waals surface area (Å²) in [6.07, 6.45) is 0.125. The highest BCUT2D eigenvalue weighted by Crippen LogP contribution is 2.31. The molecular formula is C10H14N2O. The highest BCUT2D eigenvalue weighted by Gasteiger charge is 2.21. The number of para-hydroxylation sites is 2. The van der Waals surface area contributed by atoms with E-state index in [4.69, 9.17) is 10.5 Å². The standard InChI is InChI=1S/C10H14N2O/c1-12-7-8(6-11)13-10-5-3-2-4-9(10)12/h2-5,8H,6-7,11H2,1H3. The first-order valence-electron chi connectivity index (χ1n) is 4.48. The molecule has 2 N–H and O–H groups in total. The van der Waals surface area contributed by atoms with Crippen LogP contribution in [-0.2, 0) is 0 Å². The number of likely N-dealkylation sites (N-methyl/N-ethyl adjacent to an activating group) is 1. The minimum atomic E-state index is 0.125.